The van der Waals surface area contributed by atoms with Gasteiger partial charge in [0.1, 0.15) is 0 Å². The normalized spacial score (nSPS) is 10.0. The van der Waals surface area contributed by atoms with Crippen LogP contribution in [0.4, 0.5) is 5.69 Å². The Kier molecular flexibility index (Phi) is 4.39. The smallest absolute Gasteiger partial charge is 0.182 e. The number of hydrogen-bond acceptors (Lipinski definition) is 3. The molecule has 21 heavy (non-hydrogen) atoms. The highest BCUT2D eigenvalue weighted by molar-refractivity contribution is 6.00. The summed E-state index contributed by atoms with van der Waals surface area (Å²) in [5.41, 5.74) is 4.37. The average Bonchev–Trinajstić information content (AvgIpc) is 2.47. The minimum atomic E-state index is 0.0809. The molecule has 0 aliphatic heterocycles. The van der Waals surface area contributed by atoms with Crippen molar-refractivity contribution < 1.29 is 4.79 Å². The van der Waals surface area contributed by atoms with Gasteiger partial charge in [-0.05, 0) is 37.6 Å². The van der Waals surface area contributed by atoms with Gasteiger partial charge in [-0.3, -0.25) is 4.79 Å². The van der Waals surface area contributed by atoms with E-state index in [9.17, 15) is 4.79 Å². The van der Waals surface area contributed by atoms with Crippen LogP contribution in [-0.4, -0.2) is 19.4 Å². The molecule has 0 aromatic heterocycles. The van der Waals surface area contributed by atoms with Crippen molar-refractivity contribution in [1.82, 2.24) is 0 Å². The minimum Gasteiger partial charge on any atom is -0.367 e. The van der Waals surface area contributed by atoms with E-state index in [0.29, 0.717) is 12.1 Å². The van der Waals surface area contributed by atoms with Crippen LogP contribution >= 0.6 is 0 Å². The first-order valence-electron chi connectivity index (χ1n) is 6.83. The number of likely N-dealkylation sites (N-methyl/N-ethyl adjacent to an activating group) is 1. The van der Waals surface area contributed by atoms with Gasteiger partial charge in [-0.1, -0.05) is 29.8 Å². The van der Waals surface area contributed by atoms with Crippen LogP contribution in [0, 0.1) is 25.2 Å². The zero-order valence-electron chi connectivity index (χ0n) is 12.6. The summed E-state index contributed by atoms with van der Waals surface area (Å²) in [7, 11) is 1.86. The summed E-state index contributed by atoms with van der Waals surface area (Å²) >= 11 is 0. The van der Waals surface area contributed by atoms with Gasteiger partial charge in [0, 0.05) is 18.3 Å². The van der Waals surface area contributed by atoms with Crippen molar-refractivity contribution in [3.63, 3.8) is 0 Å². The van der Waals surface area contributed by atoms with Crippen molar-refractivity contribution in [3.05, 3.63) is 64.7 Å². The fraction of sp³-hybridized carbons (Fsp3) is 0.222. The van der Waals surface area contributed by atoms with Crippen molar-refractivity contribution in [2.24, 2.45) is 0 Å². The van der Waals surface area contributed by atoms with Crippen LogP contribution in [0.2, 0.25) is 0 Å². The maximum absolute atomic E-state index is 12.4. The molecule has 106 valence electrons. The Hall–Kier alpha value is -2.60. The Labute approximate surface area is 125 Å². The lowest BCUT2D eigenvalue weighted by Gasteiger charge is -2.19. The summed E-state index contributed by atoms with van der Waals surface area (Å²) < 4.78 is 0. The zero-order chi connectivity index (χ0) is 15.4. The molecule has 3 heteroatoms. The largest absolute Gasteiger partial charge is 0.367 e. The molecule has 0 saturated heterocycles. The summed E-state index contributed by atoms with van der Waals surface area (Å²) in [6.45, 7) is 4.26. The molecule has 3 nitrogen and oxygen atoms in total. The number of nitriles is 1. The Morgan fingerprint density at radius 3 is 2.62 bits per heavy atom. The molecule has 0 atom stereocenters. The maximum Gasteiger partial charge on any atom is 0.182 e. The average molecular weight is 278 g/mol. The topological polar surface area (TPSA) is 44.1 Å². The van der Waals surface area contributed by atoms with E-state index in [0.717, 1.165) is 22.4 Å². The van der Waals surface area contributed by atoms with Gasteiger partial charge >= 0.3 is 0 Å². The lowest BCUT2D eigenvalue weighted by atomic mass is 10.0. The summed E-state index contributed by atoms with van der Waals surface area (Å²) in [6, 6.07) is 15.2. The van der Waals surface area contributed by atoms with Crippen molar-refractivity contribution in [3.8, 4) is 6.07 Å². The highest BCUT2D eigenvalue weighted by atomic mass is 16.1. The molecule has 0 aliphatic rings. The maximum atomic E-state index is 12.4. The number of ketones is 1. The number of Topliss-reactive ketones (excluding diaryl/α,β-unsaturated/α-hetero) is 1. The van der Waals surface area contributed by atoms with Crippen LogP contribution in [0.5, 0.6) is 0 Å². The predicted octanol–water partition coefficient (Wildman–Crippen LogP) is 3.49. The van der Waals surface area contributed by atoms with Crippen LogP contribution in [-0.2, 0) is 0 Å². The Bertz CT molecular complexity index is 713. The van der Waals surface area contributed by atoms with E-state index >= 15 is 0 Å². The van der Waals surface area contributed by atoms with E-state index in [1.54, 1.807) is 12.1 Å². The van der Waals surface area contributed by atoms with Gasteiger partial charge in [0.25, 0.3) is 0 Å². The second-order valence-electron chi connectivity index (χ2n) is 5.26. The molecule has 0 aliphatic carbocycles. The SMILES string of the molecule is Cc1ccc(C(=O)CN(C)c2cccc(C#N)c2)c(C)c1. The van der Waals surface area contributed by atoms with Crippen LogP contribution < -0.4 is 4.90 Å². The fourth-order valence-electron chi connectivity index (χ4n) is 2.33. The monoisotopic (exact) mass is 278 g/mol. The third-order valence-corrected chi connectivity index (χ3v) is 3.48. The zero-order valence-corrected chi connectivity index (χ0v) is 12.6. The summed E-state index contributed by atoms with van der Waals surface area (Å²) in [5.74, 6) is 0.0809. The molecule has 0 fully saturated rings. The molecule has 0 heterocycles. The summed E-state index contributed by atoms with van der Waals surface area (Å²) in [5, 5.41) is 8.93. The minimum absolute atomic E-state index is 0.0809. The second-order valence-corrected chi connectivity index (χ2v) is 5.26. The van der Waals surface area contributed by atoms with Crippen LogP contribution in [0.1, 0.15) is 27.0 Å². The molecule has 0 bridgehead atoms. The first kappa shape index (κ1) is 14.8. The second kappa shape index (κ2) is 6.23. The molecule has 2 rings (SSSR count). The van der Waals surface area contributed by atoms with E-state index in [1.807, 2.05) is 56.1 Å². The quantitative estimate of drug-likeness (QED) is 0.804. The Balaban J connectivity index is 2.17. The van der Waals surface area contributed by atoms with E-state index in [4.69, 9.17) is 5.26 Å². The summed E-state index contributed by atoms with van der Waals surface area (Å²) in [4.78, 5) is 14.3. The van der Waals surface area contributed by atoms with Crippen LogP contribution in [0.15, 0.2) is 42.5 Å². The molecular weight excluding hydrogens is 260 g/mol. The van der Waals surface area contributed by atoms with Gasteiger partial charge in [-0.15, -0.1) is 0 Å². The van der Waals surface area contributed by atoms with Crippen LogP contribution in [0.25, 0.3) is 0 Å². The fourth-order valence-corrected chi connectivity index (χ4v) is 2.33. The number of aryl methyl sites for hydroxylation is 2. The Morgan fingerprint density at radius 2 is 1.95 bits per heavy atom. The van der Waals surface area contributed by atoms with E-state index in [2.05, 4.69) is 6.07 Å². The first-order chi connectivity index (χ1) is 10.0. The number of benzene rings is 2. The van der Waals surface area contributed by atoms with Gasteiger partial charge in [-0.2, -0.15) is 5.26 Å². The molecule has 2 aromatic carbocycles. The van der Waals surface area contributed by atoms with Crippen molar-refractivity contribution in [2.45, 2.75) is 13.8 Å². The van der Waals surface area contributed by atoms with Gasteiger partial charge in [0.15, 0.2) is 5.78 Å². The highest BCUT2D eigenvalue weighted by Crippen LogP contribution is 2.16. The first-order valence-corrected chi connectivity index (χ1v) is 6.83. The van der Waals surface area contributed by atoms with Crippen molar-refractivity contribution in [1.29, 1.82) is 5.26 Å². The lowest BCUT2D eigenvalue weighted by molar-refractivity contribution is 0.1000. The summed E-state index contributed by atoms with van der Waals surface area (Å²) in [6.07, 6.45) is 0. The van der Waals surface area contributed by atoms with E-state index < -0.39 is 0 Å². The lowest BCUT2D eigenvalue weighted by Crippen LogP contribution is -2.26. The van der Waals surface area contributed by atoms with Gasteiger partial charge < -0.3 is 4.90 Å². The molecule has 0 saturated carbocycles. The van der Waals surface area contributed by atoms with Gasteiger partial charge in [0.05, 0.1) is 18.2 Å². The highest BCUT2D eigenvalue weighted by Gasteiger charge is 2.12. The molecule has 0 unspecified atom stereocenters. The van der Waals surface area contributed by atoms with Gasteiger partial charge in [-0.25, -0.2) is 0 Å². The standard InChI is InChI=1S/C18H18N2O/c1-13-7-8-17(14(2)9-13)18(21)12-20(3)16-6-4-5-15(10-16)11-19/h4-10H,12H2,1-3H3. The van der Waals surface area contributed by atoms with E-state index in [-0.39, 0.29) is 5.78 Å². The number of hydrogen-bond donors (Lipinski definition) is 0. The number of anilines is 1. The van der Waals surface area contributed by atoms with Crippen molar-refractivity contribution in [2.75, 3.05) is 18.5 Å². The van der Waals surface area contributed by atoms with Crippen LogP contribution in [0.3, 0.4) is 0 Å². The predicted molar refractivity (Wildman–Crippen MR) is 84.7 cm³/mol. The number of rotatable bonds is 4. The molecular formula is C18H18N2O. The molecule has 0 spiro atoms. The number of carbonyl (C=O) groups excluding carboxylic acids is 1. The number of nitrogens with zero attached hydrogens (tertiary/aromatic N) is 2. The third kappa shape index (κ3) is 3.49. The molecule has 0 amide bonds. The van der Waals surface area contributed by atoms with Crippen molar-refractivity contribution >= 4 is 11.5 Å². The third-order valence-electron chi connectivity index (χ3n) is 3.48. The molecule has 2 aromatic rings. The van der Waals surface area contributed by atoms with E-state index in [1.165, 1.54) is 0 Å². The Morgan fingerprint density at radius 1 is 1.19 bits per heavy atom. The number of carbonyl (C=O) groups is 1. The molecule has 0 radical (unpaired) electrons. The molecule has 0 N–H and O–H groups in total. The van der Waals surface area contributed by atoms with Gasteiger partial charge in [0.2, 0.25) is 0 Å².